The van der Waals surface area contributed by atoms with Gasteiger partial charge in [-0.05, 0) is 12.6 Å². The van der Waals surface area contributed by atoms with Crippen molar-refractivity contribution in [2.45, 2.75) is 25.2 Å². The fourth-order valence-electron chi connectivity index (χ4n) is 0.634. The molecule has 0 aliphatic rings. The first-order valence-corrected chi connectivity index (χ1v) is 8.04. The first-order valence-electron chi connectivity index (χ1n) is 3.63. The molecular formula is C4H13F3O2Si3. The summed E-state index contributed by atoms with van der Waals surface area (Å²) in [5.74, 6) is 0. The van der Waals surface area contributed by atoms with Crippen molar-refractivity contribution in [3.8, 4) is 0 Å². The largest absolute Gasteiger partial charge is 0.449 e. The van der Waals surface area contributed by atoms with Gasteiger partial charge in [-0.1, -0.05) is 0 Å². The summed E-state index contributed by atoms with van der Waals surface area (Å²) in [5, 5.41) is 0. The minimum atomic E-state index is -4.03. The van der Waals surface area contributed by atoms with E-state index in [2.05, 4.69) is 0 Å². The third-order valence-electron chi connectivity index (χ3n) is 1.30. The highest BCUT2D eigenvalue weighted by atomic mass is 28.4. The molecule has 1 unspecified atom stereocenters. The van der Waals surface area contributed by atoms with Crippen LogP contribution in [0.2, 0.25) is 12.6 Å². The molecule has 0 saturated heterocycles. The lowest BCUT2D eigenvalue weighted by Gasteiger charge is -2.12. The summed E-state index contributed by atoms with van der Waals surface area (Å²) in [6.07, 6.45) is -4.75. The van der Waals surface area contributed by atoms with Crippen molar-refractivity contribution in [2.75, 3.05) is 0 Å². The van der Waals surface area contributed by atoms with Gasteiger partial charge in [0.05, 0.1) is 0 Å². The van der Waals surface area contributed by atoms with Crippen LogP contribution in [0.3, 0.4) is 0 Å². The number of hydrogen-bond acceptors (Lipinski definition) is 2. The Hall–Kier alpha value is 0.361. The molecule has 0 fully saturated rings. The van der Waals surface area contributed by atoms with Gasteiger partial charge in [-0.25, -0.2) is 0 Å². The highest BCUT2D eigenvalue weighted by Crippen LogP contribution is 2.22. The molecule has 0 aromatic carbocycles. The predicted molar refractivity (Wildman–Crippen MR) is 49.1 cm³/mol. The molecule has 8 heteroatoms. The molecule has 2 nitrogen and oxygen atoms in total. The average Bonchev–Trinajstić information content (AvgIpc) is 1.95. The minimum Gasteiger partial charge on any atom is -0.449 e. The molecular weight excluding hydrogens is 221 g/mol. The van der Waals surface area contributed by atoms with Crippen LogP contribution in [0.1, 0.15) is 6.42 Å². The standard InChI is InChI=1S/C4H13F3O2Si3/c1-12(9-11-8-10)3-2-4(5,6)7/h12H,2-3,11H2,1,10H3. The fourth-order valence-corrected chi connectivity index (χ4v) is 4.73. The van der Waals surface area contributed by atoms with Crippen molar-refractivity contribution in [3.63, 3.8) is 0 Å². The van der Waals surface area contributed by atoms with Crippen LogP contribution >= 0.6 is 0 Å². The second-order valence-electron chi connectivity index (χ2n) is 2.54. The van der Waals surface area contributed by atoms with Crippen LogP contribution in [-0.2, 0) is 8.23 Å². The van der Waals surface area contributed by atoms with Crippen molar-refractivity contribution in [1.29, 1.82) is 0 Å². The molecule has 0 spiro atoms. The van der Waals surface area contributed by atoms with Gasteiger partial charge in [0.2, 0.25) is 0 Å². The first-order chi connectivity index (χ1) is 5.45. The van der Waals surface area contributed by atoms with Crippen LogP contribution in [-0.4, -0.2) is 35.7 Å². The zero-order valence-corrected chi connectivity index (χ0v) is 11.7. The summed E-state index contributed by atoms with van der Waals surface area (Å²) in [5.41, 5.74) is 0. The molecule has 0 saturated carbocycles. The number of halogens is 3. The maximum absolute atomic E-state index is 11.7. The average molecular weight is 234 g/mol. The lowest BCUT2D eigenvalue weighted by atomic mass is 10.5. The summed E-state index contributed by atoms with van der Waals surface area (Å²) in [6, 6.07) is 0.168. The van der Waals surface area contributed by atoms with Crippen molar-refractivity contribution in [3.05, 3.63) is 0 Å². The monoisotopic (exact) mass is 234 g/mol. The van der Waals surface area contributed by atoms with Crippen LogP contribution in [0.25, 0.3) is 0 Å². The van der Waals surface area contributed by atoms with E-state index in [0.717, 1.165) is 0 Å². The van der Waals surface area contributed by atoms with E-state index in [0.29, 0.717) is 10.5 Å². The van der Waals surface area contributed by atoms with Crippen LogP contribution < -0.4 is 0 Å². The Labute approximate surface area is 76.8 Å². The number of hydrogen-bond donors (Lipinski definition) is 0. The Morgan fingerprint density at radius 3 is 2.50 bits per heavy atom. The van der Waals surface area contributed by atoms with Gasteiger partial charge in [0.1, 0.15) is 10.5 Å². The van der Waals surface area contributed by atoms with Crippen LogP contribution in [0.5, 0.6) is 0 Å². The van der Waals surface area contributed by atoms with E-state index in [1.165, 1.54) is 0 Å². The Kier molecular flexibility index (Phi) is 6.09. The SMILES string of the molecule is C[SiH](CCC(F)(F)F)O[SiH2]O[SiH3]. The lowest BCUT2D eigenvalue weighted by Crippen LogP contribution is -2.20. The van der Waals surface area contributed by atoms with Crippen molar-refractivity contribution >= 4 is 29.5 Å². The third kappa shape index (κ3) is 8.46. The maximum Gasteiger partial charge on any atom is 0.388 e. The van der Waals surface area contributed by atoms with Gasteiger partial charge in [-0.15, -0.1) is 0 Å². The van der Waals surface area contributed by atoms with Crippen molar-refractivity contribution in [2.24, 2.45) is 0 Å². The van der Waals surface area contributed by atoms with Gasteiger partial charge in [0.15, 0.2) is 9.04 Å². The van der Waals surface area contributed by atoms with E-state index in [9.17, 15) is 13.2 Å². The molecule has 0 bridgehead atoms. The topological polar surface area (TPSA) is 18.5 Å². The second-order valence-corrected chi connectivity index (χ2v) is 8.61. The van der Waals surface area contributed by atoms with Crippen molar-refractivity contribution < 1.29 is 21.4 Å². The second kappa shape index (κ2) is 5.91. The fraction of sp³-hybridized carbons (Fsp3) is 1.00. The molecule has 0 aliphatic carbocycles. The molecule has 0 aliphatic heterocycles. The summed E-state index contributed by atoms with van der Waals surface area (Å²) in [6.45, 7) is 1.78. The van der Waals surface area contributed by atoms with Gasteiger partial charge in [-0.2, -0.15) is 13.2 Å². The Morgan fingerprint density at radius 2 is 2.08 bits per heavy atom. The van der Waals surface area contributed by atoms with E-state index in [4.69, 9.17) is 8.23 Å². The highest BCUT2D eigenvalue weighted by Gasteiger charge is 2.27. The Balaban J connectivity index is 3.37. The lowest BCUT2D eigenvalue weighted by molar-refractivity contribution is -0.130. The van der Waals surface area contributed by atoms with E-state index in [1.807, 2.05) is 0 Å². The summed E-state index contributed by atoms with van der Waals surface area (Å²) in [4.78, 5) is 0. The van der Waals surface area contributed by atoms with E-state index in [1.54, 1.807) is 6.55 Å². The molecule has 0 aromatic rings. The number of alkyl halides is 3. The summed E-state index contributed by atoms with van der Waals surface area (Å²) < 4.78 is 45.1. The number of rotatable bonds is 5. The Bertz CT molecular complexity index is 121. The van der Waals surface area contributed by atoms with E-state index in [-0.39, 0.29) is 6.04 Å². The van der Waals surface area contributed by atoms with Crippen LogP contribution in [0.15, 0.2) is 0 Å². The smallest absolute Gasteiger partial charge is 0.388 e. The van der Waals surface area contributed by atoms with Gasteiger partial charge < -0.3 is 8.23 Å². The molecule has 0 heterocycles. The Morgan fingerprint density at radius 1 is 1.50 bits per heavy atom. The normalized spacial score (nSPS) is 16.0. The van der Waals surface area contributed by atoms with E-state index >= 15 is 0 Å². The summed E-state index contributed by atoms with van der Waals surface area (Å²) >= 11 is 0. The molecule has 0 rings (SSSR count). The molecule has 0 radical (unpaired) electrons. The molecule has 0 aromatic heterocycles. The maximum atomic E-state index is 11.7. The van der Waals surface area contributed by atoms with Crippen LogP contribution in [0, 0.1) is 0 Å². The zero-order chi connectivity index (χ0) is 9.61. The zero-order valence-electron chi connectivity index (χ0n) is 7.15. The summed E-state index contributed by atoms with van der Waals surface area (Å²) in [7, 11) is -1.89. The molecule has 0 N–H and O–H groups in total. The molecule has 74 valence electrons. The van der Waals surface area contributed by atoms with Gasteiger partial charge in [0, 0.05) is 6.42 Å². The van der Waals surface area contributed by atoms with Crippen molar-refractivity contribution in [1.82, 2.24) is 0 Å². The molecule has 0 amide bonds. The molecule has 1 atom stereocenters. The first kappa shape index (κ1) is 12.4. The van der Waals surface area contributed by atoms with Gasteiger partial charge >= 0.3 is 6.18 Å². The van der Waals surface area contributed by atoms with Gasteiger partial charge in [-0.3, -0.25) is 0 Å². The predicted octanol–water partition coefficient (Wildman–Crippen LogP) is -0.395. The minimum absolute atomic E-state index is 0.168. The quantitative estimate of drug-likeness (QED) is 0.603. The third-order valence-corrected chi connectivity index (χ3v) is 6.17. The van der Waals surface area contributed by atoms with Gasteiger partial charge in [0.25, 0.3) is 10.0 Å². The van der Waals surface area contributed by atoms with E-state index < -0.39 is 31.6 Å². The van der Waals surface area contributed by atoms with Crippen LogP contribution in [0.4, 0.5) is 13.2 Å². The molecule has 12 heavy (non-hydrogen) atoms. The highest BCUT2D eigenvalue weighted by molar-refractivity contribution is 6.56.